The molecule has 1 aromatic heterocycles. The molecule has 1 fully saturated rings. The van der Waals surface area contributed by atoms with E-state index in [0.717, 1.165) is 25.8 Å². The lowest BCUT2D eigenvalue weighted by Gasteiger charge is -2.23. The second-order valence-electron chi connectivity index (χ2n) is 5.08. The van der Waals surface area contributed by atoms with Gasteiger partial charge >= 0.3 is 0 Å². The standard InChI is InChI=1S/C12H21N3O3S/c1-9-7-14-12(18-9)10(2)15-19(16,17)8-11-5-3-4-6-13-11/h7,10-11,13,15H,3-6,8H2,1-2H3. The van der Waals surface area contributed by atoms with Gasteiger partial charge in [-0.2, -0.15) is 0 Å². The summed E-state index contributed by atoms with van der Waals surface area (Å²) < 4.78 is 32.1. The van der Waals surface area contributed by atoms with Gasteiger partial charge in [0.2, 0.25) is 15.9 Å². The molecule has 2 heterocycles. The first kappa shape index (κ1) is 14.5. The number of sulfonamides is 1. The number of piperidine rings is 1. The molecule has 1 saturated heterocycles. The Morgan fingerprint density at radius 1 is 1.58 bits per heavy atom. The Bertz CT molecular complexity index is 506. The number of oxazole rings is 1. The highest BCUT2D eigenvalue weighted by Gasteiger charge is 2.24. The monoisotopic (exact) mass is 287 g/mol. The lowest BCUT2D eigenvalue weighted by Crippen LogP contribution is -2.43. The summed E-state index contributed by atoms with van der Waals surface area (Å²) in [7, 11) is -3.33. The Morgan fingerprint density at radius 2 is 2.37 bits per heavy atom. The van der Waals surface area contributed by atoms with E-state index in [0.29, 0.717) is 11.7 Å². The molecule has 2 atom stereocenters. The Morgan fingerprint density at radius 3 is 2.95 bits per heavy atom. The van der Waals surface area contributed by atoms with Gasteiger partial charge in [0, 0.05) is 6.04 Å². The maximum atomic E-state index is 12.1. The number of nitrogens with zero attached hydrogens (tertiary/aromatic N) is 1. The van der Waals surface area contributed by atoms with E-state index in [1.165, 1.54) is 0 Å². The van der Waals surface area contributed by atoms with Crippen LogP contribution in [0, 0.1) is 6.92 Å². The van der Waals surface area contributed by atoms with E-state index in [1.54, 1.807) is 20.0 Å². The smallest absolute Gasteiger partial charge is 0.213 e. The van der Waals surface area contributed by atoms with Crippen molar-refractivity contribution in [3.63, 3.8) is 0 Å². The summed E-state index contributed by atoms with van der Waals surface area (Å²) in [5.74, 6) is 1.18. The van der Waals surface area contributed by atoms with Crippen LogP contribution in [0.25, 0.3) is 0 Å². The average molecular weight is 287 g/mol. The molecule has 0 spiro atoms. The predicted molar refractivity (Wildman–Crippen MR) is 72.2 cm³/mol. The normalized spacial score (nSPS) is 22.3. The van der Waals surface area contributed by atoms with Crippen LogP contribution in [0.4, 0.5) is 0 Å². The first-order chi connectivity index (χ1) is 8.96. The number of aromatic nitrogens is 1. The molecule has 2 rings (SSSR count). The molecule has 0 bridgehead atoms. The second-order valence-corrected chi connectivity index (χ2v) is 6.88. The van der Waals surface area contributed by atoms with E-state index in [1.807, 2.05) is 0 Å². The molecule has 1 aliphatic heterocycles. The molecule has 0 aliphatic carbocycles. The molecular formula is C12H21N3O3S. The summed E-state index contributed by atoms with van der Waals surface area (Å²) in [4.78, 5) is 4.04. The molecule has 0 amide bonds. The van der Waals surface area contributed by atoms with Crippen LogP contribution in [0.1, 0.15) is 43.9 Å². The van der Waals surface area contributed by atoms with E-state index in [2.05, 4.69) is 15.0 Å². The fourth-order valence-electron chi connectivity index (χ4n) is 2.27. The van der Waals surface area contributed by atoms with Gasteiger partial charge in [-0.25, -0.2) is 18.1 Å². The number of nitrogens with one attached hydrogen (secondary N) is 2. The molecule has 108 valence electrons. The minimum absolute atomic E-state index is 0.0461. The largest absolute Gasteiger partial charge is 0.444 e. The molecule has 2 N–H and O–H groups in total. The lowest BCUT2D eigenvalue weighted by molar-refractivity contribution is 0.413. The summed E-state index contributed by atoms with van der Waals surface area (Å²) in [6, 6.07) is -0.396. The van der Waals surface area contributed by atoms with Crippen molar-refractivity contribution in [2.75, 3.05) is 12.3 Å². The molecule has 6 nitrogen and oxygen atoms in total. The third-order valence-electron chi connectivity index (χ3n) is 3.20. The first-order valence-corrected chi connectivity index (χ1v) is 8.27. The quantitative estimate of drug-likeness (QED) is 0.847. The van der Waals surface area contributed by atoms with Gasteiger partial charge in [-0.1, -0.05) is 6.42 Å². The fourth-order valence-corrected chi connectivity index (χ4v) is 3.82. The number of hydrogen-bond donors (Lipinski definition) is 2. The van der Waals surface area contributed by atoms with Gasteiger partial charge in [0.05, 0.1) is 18.0 Å². The van der Waals surface area contributed by atoms with Gasteiger partial charge in [0.1, 0.15) is 5.76 Å². The summed E-state index contributed by atoms with van der Waals surface area (Å²) in [6.45, 7) is 4.41. The van der Waals surface area contributed by atoms with Crippen LogP contribution in [0.2, 0.25) is 0 Å². The van der Waals surface area contributed by atoms with E-state index in [9.17, 15) is 8.42 Å². The Hall–Kier alpha value is -0.920. The van der Waals surface area contributed by atoms with E-state index in [4.69, 9.17) is 4.42 Å². The molecule has 7 heteroatoms. The van der Waals surface area contributed by atoms with Crippen molar-refractivity contribution in [1.29, 1.82) is 0 Å². The van der Waals surface area contributed by atoms with Gasteiger partial charge in [0.15, 0.2) is 0 Å². The Balaban J connectivity index is 1.92. The number of hydrogen-bond acceptors (Lipinski definition) is 5. The molecule has 19 heavy (non-hydrogen) atoms. The van der Waals surface area contributed by atoms with Crippen LogP contribution in [-0.2, 0) is 10.0 Å². The lowest BCUT2D eigenvalue weighted by atomic mass is 10.1. The molecule has 0 saturated carbocycles. The Labute approximate surface area is 114 Å². The zero-order chi connectivity index (χ0) is 13.9. The summed E-state index contributed by atoms with van der Waals surface area (Å²) in [5, 5.41) is 3.23. The topological polar surface area (TPSA) is 84.2 Å². The highest BCUT2D eigenvalue weighted by atomic mass is 32.2. The first-order valence-electron chi connectivity index (χ1n) is 6.62. The van der Waals surface area contributed by atoms with Crippen molar-refractivity contribution in [3.8, 4) is 0 Å². The van der Waals surface area contributed by atoms with E-state index in [-0.39, 0.29) is 11.8 Å². The van der Waals surface area contributed by atoms with Gasteiger partial charge in [-0.05, 0) is 33.2 Å². The predicted octanol–water partition coefficient (Wildman–Crippen LogP) is 1.11. The zero-order valence-corrected chi connectivity index (χ0v) is 12.2. The second kappa shape index (κ2) is 6.02. The maximum Gasteiger partial charge on any atom is 0.213 e. The molecule has 1 aliphatic rings. The maximum absolute atomic E-state index is 12.1. The highest BCUT2D eigenvalue weighted by molar-refractivity contribution is 7.89. The summed E-state index contributed by atoms with van der Waals surface area (Å²) in [5.41, 5.74) is 0. The van der Waals surface area contributed by atoms with Crippen LogP contribution in [0.3, 0.4) is 0 Å². The highest BCUT2D eigenvalue weighted by Crippen LogP contribution is 2.14. The average Bonchev–Trinajstić information content (AvgIpc) is 2.76. The van der Waals surface area contributed by atoms with Crippen molar-refractivity contribution in [2.45, 2.75) is 45.2 Å². The van der Waals surface area contributed by atoms with E-state index >= 15 is 0 Å². The van der Waals surface area contributed by atoms with Crippen molar-refractivity contribution in [2.24, 2.45) is 0 Å². The third-order valence-corrected chi connectivity index (χ3v) is 4.75. The number of aryl methyl sites for hydroxylation is 1. The SMILES string of the molecule is Cc1cnc(C(C)NS(=O)(=O)CC2CCCCN2)o1. The van der Waals surface area contributed by atoms with Gasteiger partial charge < -0.3 is 9.73 Å². The minimum Gasteiger partial charge on any atom is -0.444 e. The van der Waals surface area contributed by atoms with Crippen LogP contribution >= 0.6 is 0 Å². The summed E-state index contributed by atoms with van der Waals surface area (Å²) in [6.07, 6.45) is 4.70. The van der Waals surface area contributed by atoms with Crippen molar-refractivity contribution >= 4 is 10.0 Å². The van der Waals surface area contributed by atoms with Crippen LogP contribution in [0.15, 0.2) is 10.6 Å². The number of rotatable bonds is 5. The van der Waals surface area contributed by atoms with Crippen LogP contribution < -0.4 is 10.0 Å². The fraction of sp³-hybridized carbons (Fsp3) is 0.750. The van der Waals surface area contributed by atoms with Gasteiger partial charge in [0.25, 0.3) is 0 Å². The molecule has 2 unspecified atom stereocenters. The van der Waals surface area contributed by atoms with E-state index < -0.39 is 16.1 Å². The molecule has 1 aromatic rings. The van der Waals surface area contributed by atoms with Gasteiger partial charge in [-0.15, -0.1) is 0 Å². The molecular weight excluding hydrogens is 266 g/mol. The van der Waals surface area contributed by atoms with Crippen molar-refractivity contribution < 1.29 is 12.8 Å². The zero-order valence-electron chi connectivity index (χ0n) is 11.3. The molecule has 0 aromatic carbocycles. The van der Waals surface area contributed by atoms with Crippen molar-refractivity contribution in [3.05, 3.63) is 17.8 Å². The van der Waals surface area contributed by atoms with Crippen molar-refractivity contribution in [1.82, 2.24) is 15.0 Å². The van der Waals surface area contributed by atoms with Crippen LogP contribution in [0.5, 0.6) is 0 Å². The minimum atomic E-state index is -3.33. The molecule has 0 radical (unpaired) electrons. The van der Waals surface area contributed by atoms with Gasteiger partial charge in [-0.3, -0.25) is 0 Å². The summed E-state index contributed by atoms with van der Waals surface area (Å²) >= 11 is 0. The Kier molecular flexibility index (Phi) is 4.59. The van der Waals surface area contributed by atoms with Crippen LogP contribution in [-0.4, -0.2) is 31.7 Å². The third kappa shape index (κ3) is 4.29.